The lowest BCUT2D eigenvalue weighted by molar-refractivity contribution is -0.132. The first-order valence-corrected chi connectivity index (χ1v) is 13.4. The van der Waals surface area contributed by atoms with E-state index < -0.39 is 17.7 Å². The quantitative estimate of drug-likeness (QED) is 0.246. The van der Waals surface area contributed by atoms with E-state index in [0.29, 0.717) is 11.3 Å². The molecule has 1 saturated heterocycles. The Morgan fingerprint density at radius 1 is 0.868 bits per heavy atom. The average molecular weight is 509 g/mol. The van der Waals surface area contributed by atoms with Crippen molar-refractivity contribution in [1.82, 2.24) is 0 Å². The van der Waals surface area contributed by atoms with Gasteiger partial charge < -0.3 is 10.0 Å². The highest BCUT2D eigenvalue weighted by Gasteiger charge is 2.47. The summed E-state index contributed by atoms with van der Waals surface area (Å²) in [4.78, 5) is 30.6. The minimum atomic E-state index is -0.731. The van der Waals surface area contributed by atoms with Crippen molar-refractivity contribution < 1.29 is 14.7 Å². The summed E-state index contributed by atoms with van der Waals surface area (Å²) >= 11 is 0. The molecule has 2 aliphatic rings. The number of benzene rings is 3. The molecule has 38 heavy (non-hydrogen) atoms. The number of nitrogens with zero attached hydrogens (tertiary/aromatic N) is 2. The van der Waals surface area contributed by atoms with Gasteiger partial charge in [-0.25, -0.2) is 0 Å². The molecule has 5 heteroatoms. The van der Waals surface area contributed by atoms with Gasteiger partial charge in [-0.15, -0.1) is 0 Å². The van der Waals surface area contributed by atoms with Crippen molar-refractivity contribution in [3.63, 3.8) is 0 Å². The summed E-state index contributed by atoms with van der Waals surface area (Å²) < 4.78 is 0. The van der Waals surface area contributed by atoms with Gasteiger partial charge in [0.25, 0.3) is 11.7 Å². The maximum atomic E-state index is 13.6. The molecule has 1 fully saturated rings. The van der Waals surface area contributed by atoms with Crippen LogP contribution in [0.5, 0.6) is 0 Å². The van der Waals surface area contributed by atoms with E-state index in [1.54, 1.807) is 0 Å². The number of rotatable bonds is 4. The molecule has 1 amide bonds. The van der Waals surface area contributed by atoms with Gasteiger partial charge in [-0.1, -0.05) is 57.2 Å². The number of hydrogen-bond acceptors (Lipinski definition) is 4. The summed E-state index contributed by atoms with van der Waals surface area (Å²) in [7, 11) is 3.91. The molecule has 1 unspecified atom stereocenters. The number of aryl methyl sites for hydroxylation is 2. The Hall–Kier alpha value is -3.86. The number of aliphatic hydroxyl groups excluding tert-OH is 1. The van der Waals surface area contributed by atoms with Gasteiger partial charge in [0.15, 0.2) is 0 Å². The van der Waals surface area contributed by atoms with Crippen LogP contribution in [0.3, 0.4) is 0 Å². The number of ketones is 1. The predicted octanol–water partition coefficient (Wildman–Crippen LogP) is 6.56. The van der Waals surface area contributed by atoms with Crippen LogP contribution in [0.4, 0.5) is 11.4 Å². The number of anilines is 2. The molecule has 1 aliphatic heterocycles. The summed E-state index contributed by atoms with van der Waals surface area (Å²) in [5.41, 5.74) is 6.73. The number of carbonyl (C=O) groups is 2. The Kier molecular flexibility index (Phi) is 6.64. The lowest BCUT2D eigenvalue weighted by Crippen LogP contribution is -2.29. The molecule has 1 atom stereocenters. The van der Waals surface area contributed by atoms with Crippen LogP contribution < -0.4 is 9.80 Å². The van der Waals surface area contributed by atoms with Gasteiger partial charge in [0.2, 0.25) is 0 Å². The minimum absolute atomic E-state index is 0.0362. The zero-order valence-electron chi connectivity index (χ0n) is 22.9. The Bertz CT molecular complexity index is 1410. The summed E-state index contributed by atoms with van der Waals surface area (Å²) in [6, 6.07) is 20.8. The van der Waals surface area contributed by atoms with E-state index in [-0.39, 0.29) is 16.7 Å². The smallest absolute Gasteiger partial charge is 0.300 e. The molecule has 0 radical (unpaired) electrons. The van der Waals surface area contributed by atoms with Crippen molar-refractivity contribution in [2.75, 3.05) is 23.9 Å². The van der Waals surface area contributed by atoms with Crippen molar-refractivity contribution in [3.05, 3.63) is 100 Å². The van der Waals surface area contributed by atoms with Crippen molar-refractivity contribution in [2.24, 2.45) is 0 Å². The Balaban J connectivity index is 1.66. The number of fused-ring (bicyclic) bond motifs is 1. The van der Waals surface area contributed by atoms with Crippen LogP contribution in [0.1, 0.15) is 67.5 Å². The van der Waals surface area contributed by atoms with Crippen LogP contribution in [-0.2, 0) is 27.8 Å². The number of amides is 1. The van der Waals surface area contributed by atoms with Crippen LogP contribution in [0, 0.1) is 0 Å². The third kappa shape index (κ3) is 4.62. The normalized spacial score (nSPS) is 19.0. The summed E-state index contributed by atoms with van der Waals surface area (Å²) in [5, 5.41) is 11.6. The Labute approximate surface area is 225 Å². The van der Waals surface area contributed by atoms with E-state index in [4.69, 9.17) is 0 Å². The number of Topliss-reactive ketones (excluding diaryl/α,β-unsaturated/α-hetero) is 1. The van der Waals surface area contributed by atoms with Crippen molar-refractivity contribution in [1.29, 1.82) is 0 Å². The molecule has 3 aromatic carbocycles. The maximum Gasteiger partial charge on any atom is 0.300 e. The fraction of sp³-hybridized carbons (Fsp3) is 0.333. The first-order chi connectivity index (χ1) is 18.1. The van der Waals surface area contributed by atoms with Crippen LogP contribution in [0.2, 0.25) is 0 Å². The molecule has 1 heterocycles. The number of aliphatic hydroxyl groups is 1. The Morgan fingerprint density at radius 2 is 1.50 bits per heavy atom. The fourth-order valence-corrected chi connectivity index (χ4v) is 5.53. The average Bonchev–Trinajstić information content (AvgIpc) is 3.17. The molecule has 5 rings (SSSR count). The van der Waals surface area contributed by atoms with Gasteiger partial charge in [0, 0.05) is 31.0 Å². The molecule has 1 N–H and O–H groups in total. The molecule has 0 aromatic heterocycles. The van der Waals surface area contributed by atoms with Crippen LogP contribution in [0.15, 0.2) is 72.3 Å². The van der Waals surface area contributed by atoms with Crippen LogP contribution >= 0.6 is 0 Å². The predicted molar refractivity (Wildman–Crippen MR) is 154 cm³/mol. The van der Waals surface area contributed by atoms with E-state index >= 15 is 0 Å². The van der Waals surface area contributed by atoms with Crippen molar-refractivity contribution in [3.8, 4) is 0 Å². The fourth-order valence-electron chi connectivity index (χ4n) is 5.53. The van der Waals surface area contributed by atoms with Gasteiger partial charge in [-0.05, 0) is 83.7 Å². The zero-order chi connectivity index (χ0) is 27.2. The second kappa shape index (κ2) is 9.79. The van der Waals surface area contributed by atoms with Crippen molar-refractivity contribution >= 4 is 28.8 Å². The van der Waals surface area contributed by atoms with Crippen LogP contribution in [-0.4, -0.2) is 30.9 Å². The molecular weight excluding hydrogens is 472 g/mol. The van der Waals surface area contributed by atoms with Gasteiger partial charge in [0.1, 0.15) is 5.76 Å². The molecule has 5 nitrogen and oxygen atoms in total. The van der Waals surface area contributed by atoms with Crippen molar-refractivity contribution in [2.45, 2.75) is 57.9 Å². The molecule has 0 bridgehead atoms. The highest BCUT2D eigenvalue weighted by atomic mass is 16.3. The number of carbonyl (C=O) groups excluding carboxylic acids is 2. The lowest BCUT2D eigenvalue weighted by atomic mass is 9.85. The molecule has 3 aromatic rings. The van der Waals surface area contributed by atoms with Gasteiger partial charge in [-0.2, -0.15) is 0 Å². The highest BCUT2D eigenvalue weighted by Crippen LogP contribution is 2.43. The molecule has 196 valence electrons. The summed E-state index contributed by atoms with van der Waals surface area (Å²) in [6.45, 7) is 6.45. The molecule has 1 aliphatic carbocycles. The van der Waals surface area contributed by atoms with E-state index in [0.717, 1.165) is 36.1 Å². The third-order valence-electron chi connectivity index (χ3n) is 7.80. The first-order valence-electron chi connectivity index (χ1n) is 13.4. The second-order valence-electron chi connectivity index (χ2n) is 11.6. The maximum absolute atomic E-state index is 13.6. The summed E-state index contributed by atoms with van der Waals surface area (Å²) in [6.07, 6.45) is 4.27. The van der Waals surface area contributed by atoms with Crippen LogP contribution in [0.25, 0.3) is 5.76 Å². The minimum Gasteiger partial charge on any atom is -0.507 e. The van der Waals surface area contributed by atoms with Gasteiger partial charge in [0.05, 0.1) is 11.6 Å². The second-order valence-corrected chi connectivity index (χ2v) is 11.6. The standard InChI is InChI=1S/C33H36N2O3/c1-33(2,3)25-14-12-22(13-15-25)29-28(30(36)24-11-10-21-8-6-7-9-23(21)20-24)31(37)32(38)35(29)27-18-16-26(17-19-27)34(4)5/h10-20,29,36H,6-9H2,1-5H3/b30-28-. The van der Waals surface area contributed by atoms with E-state index in [1.807, 2.05) is 85.7 Å². The Morgan fingerprint density at radius 3 is 2.11 bits per heavy atom. The van der Waals surface area contributed by atoms with E-state index in [9.17, 15) is 14.7 Å². The number of hydrogen-bond donors (Lipinski definition) is 1. The monoisotopic (exact) mass is 508 g/mol. The van der Waals surface area contributed by atoms with E-state index in [2.05, 4.69) is 20.8 Å². The molecular formula is C33H36N2O3. The SMILES string of the molecule is CN(C)c1ccc(N2C(=O)C(=O)/C(=C(\O)c3ccc4c(c3)CCCC4)C2c2ccc(C(C)(C)C)cc2)cc1. The van der Waals surface area contributed by atoms with E-state index in [1.165, 1.54) is 22.4 Å². The molecule has 0 saturated carbocycles. The zero-order valence-corrected chi connectivity index (χ0v) is 22.9. The largest absolute Gasteiger partial charge is 0.507 e. The molecule has 0 spiro atoms. The highest BCUT2D eigenvalue weighted by molar-refractivity contribution is 6.51. The topological polar surface area (TPSA) is 60.9 Å². The van der Waals surface area contributed by atoms with Gasteiger partial charge >= 0.3 is 0 Å². The third-order valence-corrected chi connectivity index (χ3v) is 7.80. The lowest BCUT2D eigenvalue weighted by Gasteiger charge is -2.27. The summed E-state index contributed by atoms with van der Waals surface area (Å²) in [5.74, 6) is -1.41. The van der Waals surface area contributed by atoms with Gasteiger partial charge in [-0.3, -0.25) is 14.5 Å². The first kappa shape index (κ1) is 25.8.